The Morgan fingerprint density at radius 1 is 1.08 bits per heavy atom. The highest BCUT2D eigenvalue weighted by molar-refractivity contribution is 14.0. The van der Waals surface area contributed by atoms with Crippen molar-refractivity contribution in [1.82, 2.24) is 16.0 Å². The van der Waals surface area contributed by atoms with Crippen LogP contribution in [0.15, 0.2) is 4.99 Å². The molecule has 1 aliphatic heterocycles. The van der Waals surface area contributed by atoms with Gasteiger partial charge in [-0.15, -0.1) is 24.0 Å². The Balaban J connectivity index is 0.00000576. The van der Waals surface area contributed by atoms with E-state index in [1.165, 1.54) is 6.42 Å². The molecular weight excluding hydrogens is 427 g/mol. The third-order valence-corrected chi connectivity index (χ3v) is 4.20. The Labute approximate surface area is 172 Å². The van der Waals surface area contributed by atoms with E-state index in [1.807, 2.05) is 0 Å². The highest BCUT2D eigenvalue weighted by Crippen LogP contribution is 2.34. The minimum absolute atomic E-state index is 0. The van der Waals surface area contributed by atoms with Gasteiger partial charge in [0.05, 0.1) is 6.10 Å². The van der Waals surface area contributed by atoms with E-state index < -0.39 is 0 Å². The molecule has 1 heterocycles. The highest BCUT2D eigenvalue weighted by Gasteiger charge is 2.35. The van der Waals surface area contributed by atoms with Crippen molar-refractivity contribution in [2.24, 2.45) is 16.3 Å². The van der Waals surface area contributed by atoms with Crippen LogP contribution >= 0.6 is 24.0 Å². The molecule has 0 aromatic rings. The average Bonchev–Trinajstić information content (AvgIpc) is 2.47. The zero-order valence-electron chi connectivity index (χ0n) is 17.4. The summed E-state index contributed by atoms with van der Waals surface area (Å²) in [4.78, 5) is 4.82. The van der Waals surface area contributed by atoms with Gasteiger partial charge in [0.2, 0.25) is 0 Å². The number of nitrogens with one attached hydrogen (secondary N) is 3. The van der Waals surface area contributed by atoms with E-state index in [0.717, 1.165) is 45.2 Å². The third kappa shape index (κ3) is 10.6. The molecule has 150 valence electrons. The number of guanidine groups is 1. The highest BCUT2D eigenvalue weighted by atomic mass is 127. The number of aliphatic imine (C=N–C) groups is 1. The summed E-state index contributed by atoms with van der Waals surface area (Å²) in [5.74, 6) is 1.41. The summed E-state index contributed by atoms with van der Waals surface area (Å²) in [7, 11) is 0. The standard InChI is InChI=1S/C19H40N4O.HI/c1-8-20-17(21-11-12-23-19(5,6)7)22-14-15-10-9-13-24-16(15)18(2,3)4;/h15-16,23H,8-14H2,1-7H3,(H2,20,21,22);1H. The van der Waals surface area contributed by atoms with Crippen molar-refractivity contribution < 1.29 is 4.74 Å². The van der Waals surface area contributed by atoms with Crippen LogP contribution in [0.3, 0.4) is 0 Å². The molecular formula is C19H41IN4O. The molecule has 0 aliphatic carbocycles. The fourth-order valence-electron chi connectivity index (χ4n) is 3.16. The first-order chi connectivity index (χ1) is 11.1. The van der Waals surface area contributed by atoms with Gasteiger partial charge in [-0.2, -0.15) is 0 Å². The second-order valence-corrected chi connectivity index (χ2v) is 8.88. The van der Waals surface area contributed by atoms with Gasteiger partial charge in [-0.1, -0.05) is 20.8 Å². The van der Waals surface area contributed by atoms with Crippen LogP contribution in [-0.2, 0) is 4.74 Å². The van der Waals surface area contributed by atoms with E-state index in [-0.39, 0.29) is 34.9 Å². The number of rotatable bonds is 6. The maximum atomic E-state index is 6.06. The first-order valence-corrected chi connectivity index (χ1v) is 9.52. The van der Waals surface area contributed by atoms with Crippen LogP contribution in [-0.4, -0.2) is 50.4 Å². The molecule has 25 heavy (non-hydrogen) atoms. The van der Waals surface area contributed by atoms with Crippen LogP contribution in [0.5, 0.6) is 0 Å². The lowest BCUT2D eigenvalue weighted by Gasteiger charge is -2.39. The maximum absolute atomic E-state index is 6.06. The molecule has 0 spiro atoms. The predicted molar refractivity (Wildman–Crippen MR) is 119 cm³/mol. The summed E-state index contributed by atoms with van der Waals surface area (Å²) in [6.45, 7) is 19.8. The molecule has 1 fully saturated rings. The Hall–Kier alpha value is -0.0800. The molecule has 1 aliphatic rings. The maximum Gasteiger partial charge on any atom is 0.191 e. The summed E-state index contributed by atoms with van der Waals surface area (Å²) < 4.78 is 6.06. The molecule has 2 unspecified atom stereocenters. The molecule has 0 aromatic heterocycles. The number of halogens is 1. The average molecular weight is 468 g/mol. The van der Waals surface area contributed by atoms with Gasteiger partial charge in [0, 0.05) is 44.2 Å². The SMILES string of the molecule is CCNC(=NCC1CCCOC1C(C)(C)C)NCCNC(C)(C)C.I. The molecule has 1 saturated heterocycles. The van der Waals surface area contributed by atoms with Crippen molar-refractivity contribution in [3.05, 3.63) is 0 Å². The van der Waals surface area contributed by atoms with Crippen LogP contribution in [0.4, 0.5) is 0 Å². The first-order valence-electron chi connectivity index (χ1n) is 9.52. The topological polar surface area (TPSA) is 57.7 Å². The summed E-state index contributed by atoms with van der Waals surface area (Å²) in [5.41, 5.74) is 0.319. The van der Waals surface area contributed by atoms with Gasteiger partial charge in [0.1, 0.15) is 0 Å². The molecule has 1 rings (SSSR count). The van der Waals surface area contributed by atoms with Gasteiger partial charge in [0.25, 0.3) is 0 Å². The van der Waals surface area contributed by atoms with Gasteiger partial charge in [-0.25, -0.2) is 0 Å². The summed E-state index contributed by atoms with van der Waals surface area (Å²) in [6.07, 6.45) is 2.64. The zero-order valence-corrected chi connectivity index (χ0v) is 19.7. The van der Waals surface area contributed by atoms with Gasteiger partial charge < -0.3 is 20.7 Å². The van der Waals surface area contributed by atoms with E-state index in [2.05, 4.69) is 64.4 Å². The second-order valence-electron chi connectivity index (χ2n) is 8.88. The van der Waals surface area contributed by atoms with Crippen LogP contribution in [0.2, 0.25) is 0 Å². The van der Waals surface area contributed by atoms with Gasteiger partial charge in [-0.05, 0) is 46.0 Å². The molecule has 2 atom stereocenters. The minimum atomic E-state index is 0. The fraction of sp³-hybridized carbons (Fsp3) is 0.947. The first kappa shape index (κ1) is 24.9. The normalized spacial score (nSPS) is 22.3. The lowest BCUT2D eigenvalue weighted by Crippen LogP contribution is -2.45. The molecule has 3 N–H and O–H groups in total. The van der Waals surface area contributed by atoms with Crippen molar-refractivity contribution in [3.8, 4) is 0 Å². The molecule has 0 amide bonds. The van der Waals surface area contributed by atoms with Crippen LogP contribution in [0.25, 0.3) is 0 Å². The zero-order chi connectivity index (χ0) is 18.2. The Morgan fingerprint density at radius 2 is 1.76 bits per heavy atom. The summed E-state index contributed by atoms with van der Waals surface area (Å²) in [5, 5.41) is 10.3. The quantitative estimate of drug-likeness (QED) is 0.242. The molecule has 0 aromatic carbocycles. The van der Waals surface area contributed by atoms with Crippen molar-refractivity contribution in [2.45, 2.75) is 73.0 Å². The summed E-state index contributed by atoms with van der Waals surface area (Å²) >= 11 is 0. The lowest BCUT2D eigenvalue weighted by atomic mass is 9.78. The smallest absolute Gasteiger partial charge is 0.191 e. The number of nitrogens with zero attached hydrogens (tertiary/aromatic N) is 1. The second kappa shape index (κ2) is 11.6. The van der Waals surface area contributed by atoms with Gasteiger partial charge in [-0.3, -0.25) is 4.99 Å². The van der Waals surface area contributed by atoms with E-state index >= 15 is 0 Å². The lowest BCUT2D eigenvalue weighted by molar-refractivity contribution is -0.0823. The van der Waals surface area contributed by atoms with Gasteiger partial charge >= 0.3 is 0 Å². The molecule has 0 saturated carbocycles. The Kier molecular flexibility index (Phi) is 11.6. The number of ether oxygens (including phenoxy) is 1. The fourth-order valence-corrected chi connectivity index (χ4v) is 3.16. The Bertz CT molecular complexity index is 388. The van der Waals surface area contributed by atoms with Crippen molar-refractivity contribution in [2.75, 3.05) is 32.8 Å². The van der Waals surface area contributed by atoms with Crippen molar-refractivity contribution in [3.63, 3.8) is 0 Å². The predicted octanol–water partition coefficient (Wildman–Crippen LogP) is 3.39. The minimum Gasteiger partial charge on any atom is -0.377 e. The summed E-state index contributed by atoms with van der Waals surface area (Å²) in [6, 6.07) is 0. The van der Waals surface area contributed by atoms with E-state index in [9.17, 15) is 0 Å². The Morgan fingerprint density at radius 3 is 2.32 bits per heavy atom. The number of hydrogen-bond donors (Lipinski definition) is 3. The van der Waals surface area contributed by atoms with E-state index in [0.29, 0.717) is 12.0 Å². The van der Waals surface area contributed by atoms with Crippen molar-refractivity contribution in [1.29, 1.82) is 0 Å². The third-order valence-electron chi connectivity index (χ3n) is 4.20. The van der Waals surface area contributed by atoms with Crippen LogP contribution in [0.1, 0.15) is 61.3 Å². The molecule has 5 nitrogen and oxygen atoms in total. The van der Waals surface area contributed by atoms with Crippen LogP contribution in [0, 0.1) is 11.3 Å². The van der Waals surface area contributed by atoms with Crippen LogP contribution < -0.4 is 16.0 Å². The molecule has 0 radical (unpaired) electrons. The molecule has 0 bridgehead atoms. The van der Waals surface area contributed by atoms with E-state index in [1.54, 1.807) is 0 Å². The van der Waals surface area contributed by atoms with Gasteiger partial charge in [0.15, 0.2) is 5.96 Å². The van der Waals surface area contributed by atoms with Crippen molar-refractivity contribution >= 4 is 29.9 Å². The largest absolute Gasteiger partial charge is 0.377 e. The van der Waals surface area contributed by atoms with E-state index in [4.69, 9.17) is 9.73 Å². The molecule has 6 heteroatoms. The number of hydrogen-bond acceptors (Lipinski definition) is 3. The monoisotopic (exact) mass is 468 g/mol.